The Kier molecular flexibility index (Phi) is 4.01. The van der Waals surface area contributed by atoms with Crippen LogP contribution in [0, 0.1) is 6.92 Å². The first-order valence-corrected chi connectivity index (χ1v) is 6.57. The van der Waals surface area contributed by atoms with Gasteiger partial charge in [-0.1, -0.05) is 24.9 Å². The number of amides is 1. The maximum Gasteiger partial charge on any atom is 0.257 e. The predicted octanol–water partition coefficient (Wildman–Crippen LogP) is 1.58. The van der Waals surface area contributed by atoms with Gasteiger partial charge in [-0.2, -0.15) is 0 Å². The summed E-state index contributed by atoms with van der Waals surface area (Å²) in [6.45, 7) is 3.67. The van der Waals surface area contributed by atoms with Crippen molar-refractivity contribution in [2.45, 2.75) is 58.1 Å². The number of rotatable bonds is 3. The molecule has 2 rings (SSSR count). The summed E-state index contributed by atoms with van der Waals surface area (Å²) in [7, 11) is 0. The molecule has 18 heavy (non-hydrogen) atoms. The molecule has 1 heterocycles. The van der Waals surface area contributed by atoms with E-state index in [9.17, 15) is 9.90 Å². The zero-order chi connectivity index (χ0) is 13.1. The SMILES string of the molecule is CCc1noc(C)c1C(=O)NC1CCCCC1O. The van der Waals surface area contributed by atoms with Crippen LogP contribution >= 0.6 is 0 Å². The van der Waals surface area contributed by atoms with Crippen LogP contribution in [0.3, 0.4) is 0 Å². The number of hydrogen-bond acceptors (Lipinski definition) is 4. The Labute approximate surface area is 107 Å². The normalized spacial score (nSPS) is 23.9. The summed E-state index contributed by atoms with van der Waals surface area (Å²) in [6, 6.07) is -0.148. The minimum absolute atomic E-state index is 0.148. The van der Waals surface area contributed by atoms with Crippen molar-refractivity contribution in [2.75, 3.05) is 0 Å². The molecule has 1 aromatic rings. The highest BCUT2D eigenvalue weighted by Gasteiger charge is 2.27. The van der Waals surface area contributed by atoms with Crippen molar-refractivity contribution in [3.05, 3.63) is 17.0 Å². The van der Waals surface area contributed by atoms with Crippen molar-refractivity contribution in [1.29, 1.82) is 0 Å². The van der Waals surface area contributed by atoms with E-state index in [1.165, 1.54) is 0 Å². The average molecular weight is 252 g/mol. The first-order chi connectivity index (χ1) is 8.63. The number of nitrogens with one attached hydrogen (secondary N) is 1. The van der Waals surface area contributed by atoms with E-state index in [4.69, 9.17) is 4.52 Å². The molecule has 0 saturated heterocycles. The summed E-state index contributed by atoms with van der Waals surface area (Å²) in [6.07, 6.45) is 3.89. The smallest absolute Gasteiger partial charge is 0.257 e. The second kappa shape index (κ2) is 5.52. The van der Waals surface area contributed by atoms with Crippen LogP contribution in [0.15, 0.2) is 4.52 Å². The topological polar surface area (TPSA) is 75.4 Å². The van der Waals surface area contributed by atoms with Crippen LogP contribution < -0.4 is 5.32 Å². The Bertz CT molecular complexity index is 428. The molecule has 0 radical (unpaired) electrons. The quantitative estimate of drug-likeness (QED) is 0.856. The Balaban J connectivity index is 2.09. The highest BCUT2D eigenvalue weighted by molar-refractivity contribution is 5.96. The molecular formula is C13H20N2O3. The lowest BCUT2D eigenvalue weighted by molar-refractivity contribution is 0.0715. The summed E-state index contributed by atoms with van der Waals surface area (Å²) < 4.78 is 5.05. The van der Waals surface area contributed by atoms with Gasteiger partial charge in [0.05, 0.1) is 17.8 Å². The number of aliphatic hydroxyl groups excluding tert-OH is 1. The molecule has 5 heteroatoms. The largest absolute Gasteiger partial charge is 0.391 e. The molecule has 0 aromatic carbocycles. The van der Waals surface area contributed by atoms with Crippen LogP contribution in [-0.2, 0) is 6.42 Å². The van der Waals surface area contributed by atoms with Gasteiger partial charge in [0.1, 0.15) is 11.3 Å². The number of nitrogens with zero attached hydrogens (tertiary/aromatic N) is 1. The molecule has 2 N–H and O–H groups in total. The van der Waals surface area contributed by atoms with Gasteiger partial charge in [-0.25, -0.2) is 0 Å². The van der Waals surface area contributed by atoms with E-state index in [2.05, 4.69) is 10.5 Å². The predicted molar refractivity (Wildman–Crippen MR) is 66.3 cm³/mol. The summed E-state index contributed by atoms with van der Waals surface area (Å²) >= 11 is 0. The molecule has 0 aliphatic heterocycles. The molecule has 1 aromatic heterocycles. The van der Waals surface area contributed by atoms with Gasteiger partial charge in [-0.3, -0.25) is 4.79 Å². The van der Waals surface area contributed by atoms with E-state index in [0.29, 0.717) is 23.4 Å². The Hall–Kier alpha value is -1.36. The minimum atomic E-state index is -0.437. The summed E-state index contributed by atoms with van der Waals surface area (Å²) in [5.41, 5.74) is 1.20. The maximum atomic E-state index is 12.2. The monoisotopic (exact) mass is 252 g/mol. The van der Waals surface area contributed by atoms with Crippen LogP contribution in [0.1, 0.15) is 54.4 Å². The van der Waals surface area contributed by atoms with Crippen molar-refractivity contribution in [3.63, 3.8) is 0 Å². The first kappa shape index (κ1) is 13.1. The molecule has 100 valence electrons. The number of carbonyl (C=O) groups excluding carboxylic acids is 1. The van der Waals surface area contributed by atoms with Gasteiger partial charge < -0.3 is 14.9 Å². The van der Waals surface area contributed by atoms with Crippen molar-refractivity contribution in [2.24, 2.45) is 0 Å². The number of carbonyl (C=O) groups is 1. The van der Waals surface area contributed by atoms with E-state index >= 15 is 0 Å². The van der Waals surface area contributed by atoms with Crippen LogP contribution in [-0.4, -0.2) is 28.3 Å². The van der Waals surface area contributed by atoms with Gasteiger partial charge in [0.2, 0.25) is 0 Å². The lowest BCUT2D eigenvalue weighted by Crippen LogP contribution is -2.45. The Morgan fingerprint density at radius 2 is 2.22 bits per heavy atom. The van der Waals surface area contributed by atoms with E-state index in [0.717, 1.165) is 25.7 Å². The zero-order valence-corrected chi connectivity index (χ0v) is 10.9. The third-order valence-corrected chi connectivity index (χ3v) is 3.54. The van der Waals surface area contributed by atoms with Gasteiger partial charge in [0.25, 0.3) is 5.91 Å². The highest BCUT2D eigenvalue weighted by atomic mass is 16.5. The van der Waals surface area contributed by atoms with E-state index in [1.807, 2.05) is 6.92 Å². The average Bonchev–Trinajstić information content (AvgIpc) is 2.73. The van der Waals surface area contributed by atoms with Crippen molar-refractivity contribution in [3.8, 4) is 0 Å². The van der Waals surface area contributed by atoms with E-state index in [1.54, 1.807) is 6.92 Å². The van der Waals surface area contributed by atoms with Crippen molar-refractivity contribution < 1.29 is 14.4 Å². The third kappa shape index (κ3) is 2.56. The Morgan fingerprint density at radius 3 is 2.89 bits per heavy atom. The molecule has 5 nitrogen and oxygen atoms in total. The number of aromatic nitrogens is 1. The fraction of sp³-hybridized carbons (Fsp3) is 0.692. The lowest BCUT2D eigenvalue weighted by Gasteiger charge is -2.28. The molecule has 1 saturated carbocycles. The van der Waals surface area contributed by atoms with Crippen LogP contribution in [0.2, 0.25) is 0 Å². The zero-order valence-electron chi connectivity index (χ0n) is 10.9. The number of aryl methyl sites for hydroxylation is 2. The third-order valence-electron chi connectivity index (χ3n) is 3.54. The first-order valence-electron chi connectivity index (χ1n) is 6.57. The fourth-order valence-corrected chi connectivity index (χ4v) is 2.47. The van der Waals surface area contributed by atoms with Crippen LogP contribution in [0.25, 0.3) is 0 Å². The molecular weight excluding hydrogens is 232 g/mol. The number of aliphatic hydroxyl groups is 1. The van der Waals surface area contributed by atoms with Crippen LogP contribution in [0.4, 0.5) is 0 Å². The van der Waals surface area contributed by atoms with Crippen LogP contribution in [0.5, 0.6) is 0 Å². The van der Waals surface area contributed by atoms with Gasteiger partial charge >= 0.3 is 0 Å². The van der Waals surface area contributed by atoms with Gasteiger partial charge in [-0.05, 0) is 26.2 Å². The fourth-order valence-electron chi connectivity index (χ4n) is 2.47. The van der Waals surface area contributed by atoms with Gasteiger partial charge in [0, 0.05) is 0 Å². The van der Waals surface area contributed by atoms with Gasteiger partial charge in [-0.15, -0.1) is 0 Å². The summed E-state index contributed by atoms with van der Waals surface area (Å²) in [4.78, 5) is 12.2. The van der Waals surface area contributed by atoms with E-state index in [-0.39, 0.29) is 11.9 Å². The molecule has 1 aliphatic rings. The minimum Gasteiger partial charge on any atom is -0.391 e. The molecule has 2 unspecified atom stereocenters. The summed E-state index contributed by atoms with van der Waals surface area (Å²) in [5.74, 6) is 0.353. The second-order valence-electron chi connectivity index (χ2n) is 4.85. The molecule has 2 atom stereocenters. The molecule has 1 fully saturated rings. The number of hydrogen-bond donors (Lipinski definition) is 2. The lowest BCUT2D eigenvalue weighted by atomic mass is 9.92. The Morgan fingerprint density at radius 1 is 1.50 bits per heavy atom. The molecule has 0 bridgehead atoms. The molecule has 0 spiro atoms. The van der Waals surface area contributed by atoms with Gasteiger partial charge in [0.15, 0.2) is 0 Å². The molecule has 1 aliphatic carbocycles. The maximum absolute atomic E-state index is 12.2. The summed E-state index contributed by atoms with van der Waals surface area (Å²) in [5, 5.41) is 16.6. The second-order valence-corrected chi connectivity index (χ2v) is 4.85. The highest BCUT2D eigenvalue weighted by Crippen LogP contribution is 2.20. The molecule has 1 amide bonds. The standard InChI is InChI=1S/C13H20N2O3/c1-3-9-12(8(2)18-15-9)13(17)14-10-6-4-5-7-11(10)16/h10-11,16H,3-7H2,1-2H3,(H,14,17). The van der Waals surface area contributed by atoms with E-state index < -0.39 is 6.10 Å². The van der Waals surface area contributed by atoms with Crippen molar-refractivity contribution in [1.82, 2.24) is 10.5 Å². The van der Waals surface area contributed by atoms with Crippen molar-refractivity contribution >= 4 is 5.91 Å².